The zero-order valence-corrected chi connectivity index (χ0v) is 9.25. The maximum absolute atomic E-state index is 11.7. The van der Waals surface area contributed by atoms with E-state index in [2.05, 4.69) is 26.1 Å². The summed E-state index contributed by atoms with van der Waals surface area (Å²) in [6.07, 6.45) is -5.03. The maximum Gasteiger partial charge on any atom is 0.389 e. The first-order valence-electron chi connectivity index (χ1n) is 3.66. The Morgan fingerprint density at radius 1 is 1.36 bits per heavy atom. The molecule has 0 saturated heterocycles. The van der Waals surface area contributed by atoms with E-state index in [1.165, 1.54) is 0 Å². The van der Waals surface area contributed by atoms with Gasteiger partial charge in [0.15, 0.2) is 3.92 Å². The van der Waals surface area contributed by atoms with E-state index in [0.29, 0.717) is 3.92 Å². The van der Waals surface area contributed by atoms with E-state index in [1.54, 1.807) is 0 Å². The molecule has 0 saturated carbocycles. The fraction of sp³-hybridized carbons (Fsp3) is 0.667. The summed E-state index contributed by atoms with van der Waals surface area (Å²) in [5.41, 5.74) is 0. The third kappa shape index (κ3) is 4.75. The van der Waals surface area contributed by atoms with Gasteiger partial charge in [0.1, 0.15) is 0 Å². The van der Waals surface area contributed by atoms with Gasteiger partial charge in [0.05, 0.1) is 6.61 Å². The van der Waals surface area contributed by atoms with Gasteiger partial charge in [0, 0.05) is 6.42 Å². The molecule has 1 heterocycles. The Kier molecular flexibility index (Phi) is 4.11. The van der Waals surface area contributed by atoms with Gasteiger partial charge in [-0.15, -0.1) is 5.10 Å². The summed E-state index contributed by atoms with van der Waals surface area (Å²) >= 11 is 4.19. The van der Waals surface area contributed by atoms with Crippen molar-refractivity contribution in [3.05, 3.63) is 3.92 Å². The first-order valence-corrected chi connectivity index (χ1v) is 5.27. The van der Waals surface area contributed by atoms with Crippen LogP contribution in [-0.4, -0.2) is 23.0 Å². The predicted octanol–water partition coefficient (Wildman–Crippen LogP) is 3.02. The molecule has 0 aliphatic heterocycles. The lowest BCUT2D eigenvalue weighted by molar-refractivity contribution is -0.136. The van der Waals surface area contributed by atoms with Crippen molar-refractivity contribution < 1.29 is 17.9 Å². The smallest absolute Gasteiger partial charge is 0.389 e. The van der Waals surface area contributed by atoms with Gasteiger partial charge in [0.25, 0.3) is 5.19 Å². The molecule has 0 aromatic carbocycles. The van der Waals surface area contributed by atoms with Crippen LogP contribution in [0.4, 0.5) is 13.2 Å². The van der Waals surface area contributed by atoms with Crippen molar-refractivity contribution in [2.45, 2.75) is 19.0 Å². The molecule has 80 valence electrons. The molecule has 14 heavy (non-hydrogen) atoms. The third-order valence-corrected chi connectivity index (χ3v) is 2.48. The summed E-state index contributed by atoms with van der Waals surface area (Å²) < 4.78 is 40.6. The van der Waals surface area contributed by atoms with E-state index in [1.807, 2.05) is 0 Å². The largest absolute Gasteiger partial charge is 0.469 e. The van der Waals surface area contributed by atoms with Gasteiger partial charge >= 0.3 is 6.18 Å². The Morgan fingerprint density at radius 2 is 2.07 bits per heavy atom. The molecular formula is C6H6BrF3N2OS. The SMILES string of the molecule is FC(F)(F)CCCOc1nnc(Br)s1. The zero-order chi connectivity index (χ0) is 10.6. The van der Waals surface area contributed by atoms with Gasteiger partial charge in [-0.25, -0.2) is 0 Å². The normalized spacial score (nSPS) is 11.7. The minimum Gasteiger partial charge on any atom is -0.469 e. The Balaban J connectivity index is 2.16. The molecule has 8 heteroatoms. The lowest BCUT2D eigenvalue weighted by Crippen LogP contribution is -2.09. The van der Waals surface area contributed by atoms with Crippen molar-refractivity contribution in [1.82, 2.24) is 10.2 Å². The molecule has 3 nitrogen and oxygen atoms in total. The van der Waals surface area contributed by atoms with Crippen LogP contribution in [-0.2, 0) is 0 Å². The quantitative estimate of drug-likeness (QED) is 0.800. The highest BCUT2D eigenvalue weighted by atomic mass is 79.9. The summed E-state index contributed by atoms with van der Waals surface area (Å²) in [5.74, 6) is 0. The minimum atomic E-state index is -4.12. The average Bonchev–Trinajstić information content (AvgIpc) is 2.44. The van der Waals surface area contributed by atoms with Crippen molar-refractivity contribution in [2.24, 2.45) is 0 Å². The number of rotatable bonds is 4. The topological polar surface area (TPSA) is 35.0 Å². The average molecular weight is 291 g/mol. The molecule has 0 N–H and O–H groups in total. The molecule has 1 rings (SSSR count). The number of ether oxygens (including phenoxy) is 1. The Bertz CT molecular complexity index is 291. The number of alkyl halides is 3. The van der Waals surface area contributed by atoms with Gasteiger partial charge in [0.2, 0.25) is 0 Å². The number of nitrogens with zero attached hydrogens (tertiary/aromatic N) is 2. The first kappa shape index (κ1) is 11.7. The zero-order valence-electron chi connectivity index (χ0n) is 6.84. The summed E-state index contributed by atoms with van der Waals surface area (Å²) in [4.78, 5) is 0. The van der Waals surface area contributed by atoms with Gasteiger partial charge < -0.3 is 4.74 Å². The van der Waals surface area contributed by atoms with Gasteiger partial charge in [-0.2, -0.15) is 13.2 Å². The fourth-order valence-corrected chi connectivity index (χ4v) is 1.63. The lowest BCUT2D eigenvalue weighted by Gasteiger charge is -2.05. The van der Waals surface area contributed by atoms with Crippen LogP contribution < -0.4 is 4.74 Å². The van der Waals surface area contributed by atoms with Gasteiger partial charge in [-0.05, 0) is 33.7 Å². The van der Waals surface area contributed by atoms with Crippen molar-refractivity contribution in [3.8, 4) is 5.19 Å². The monoisotopic (exact) mass is 290 g/mol. The molecule has 0 aliphatic carbocycles. The van der Waals surface area contributed by atoms with Crippen LogP contribution in [0.1, 0.15) is 12.8 Å². The summed E-state index contributed by atoms with van der Waals surface area (Å²) in [7, 11) is 0. The van der Waals surface area contributed by atoms with Crippen molar-refractivity contribution in [1.29, 1.82) is 0 Å². The number of aromatic nitrogens is 2. The standard InChI is InChI=1S/C6H6BrF3N2OS/c7-4-11-12-5(14-4)13-3-1-2-6(8,9)10/h1-3H2. The fourth-order valence-electron chi connectivity index (χ4n) is 0.683. The van der Waals surface area contributed by atoms with Crippen LogP contribution in [0.2, 0.25) is 0 Å². The second kappa shape index (κ2) is 4.92. The summed E-state index contributed by atoms with van der Waals surface area (Å²) in [6, 6.07) is 0. The van der Waals surface area contributed by atoms with E-state index < -0.39 is 12.6 Å². The highest BCUT2D eigenvalue weighted by Gasteiger charge is 2.26. The molecule has 0 amide bonds. The first-order chi connectivity index (χ1) is 6.47. The second-order valence-corrected chi connectivity index (χ2v) is 4.60. The minimum absolute atomic E-state index is 0.00113. The van der Waals surface area contributed by atoms with E-state index >= 15 is 0 Å². The number of halogens is 4. The molecule has 0 radical (unpaired) electrons. The van der Waals surface area contributed by atoms with Crippen molar-refractivity contribution in [3.63, 3.8) is 0 Å². The van der Waals surface area contributed by atoms with E-state index in [4.69, 9.17) is 4.74 Å². The van der Waals surface area contributed by atoms with E-state index in [-0.39, 0.29) is 18.2 Å². The second-order valence-electron chi connectivity index (χ2n) is 2.39. The van der Waals surface area contributed by atoms with Crippen LogP contribution in [0.3, 0.4) is 0 Å². The highest BCUT2D eigenvalue weighted by Crippen LogP contribution is 2.24. The van der Waals surface area contributed by atoms with Gasteiger partial charge in [-0.3, -0.25) is 0 Å². The van der Waals surface area contributed by atoms with Crippen LogP contribution >= 0.6 is 27.3 Å². The Labute approximate surface area is 90.4 Å². The van der Waals surface area contributed by atoms with Crippen molar-refractivity contribution >= 4 is 27.3 Å². The lowest BCUT2D eigenvalue weighted by atomic mass is 10.3. The Morgan fingerprint density at radius 3 is 2.57 bits per heavy atom. The molecule has 0 unspecified atom stereocenters. The predicted molar refractivity (Wildman–Crippen MR) is 48.4 cm³/mol. The van der Waals surface area contributed by atoms with E-state index in [0.717, 1.165) is 11.3 Å². The molecule has 1 aromatic heterocycles. The number of hydrogen-bond acceptors (Lipinski definition) is 4. The van der Waals surface area contributed by atoms with Crippen LogP contribution in [0.15, 0.2) is 3.92 Å². The van der Waals surface area contributed by atoms with Gasteiger partial charge in [-0.1, -0.05) is 5.10 Å². The van der Waals surface area contributed by atoms with Crippen molar-refractivity contribution in [2.75, 3.05) is 6.61 Å². The molecule has 1 aromatic rings. The molecule has 0 bridgehead atoms. The van der Waals surface area contributed by atoms with E-state index in [9.17, 15) is 13.2 Å². The molecule has 0 atom stereocenters. The molecule has 0 fully saturated rings. The molecule has 0 aliphatic rings. The van der Waals surface area contributed by atoms with Crippen LogP contribution in [0.25, 0.3) is 0 Å². The summed E-state index contributed by atoms with van der Waals surface area (Å²) in [6.45, 7) is 0.00113. The highest BCUT2D eigenvalue weighted by molar-refractivity contribution is 9.11. The molecular weight excluding hydrogens is 285 g/mol. The van der Waals surface area contributed by atoms with Crippen LogP contribution in [0.5, 0.6) is 5.19 Å². The summed E-state index contributed by atoms with van der Waals surface area (Å²) in [5, 5.41) is 7.43. The molecule has 0 spiro atoms. The Hall–Kier alpha value is -0.370. The maximum atomic E-state index is 11.7. The number of hydrogen-bond donors (Lipinski definition) is 0. The van der Waals surface area contributed by atoms with Crippen LogP contribution in [0, 0.1) is 0 Å². The third-order valence-electron chi connectivity index (χ3n) is 1.21.